The maximum absolute atomic E-state index is 8.93. The minimum absolute atomic E-state index is 0.0212. The van der Waals surface area contributed by atoms with Gasteiger partial charge in [0.25, 0.3) is 0 Å². The van der Waals surface area contributed by atoms with Gasteiger partial charge in [0.2, 0.25) is 0 Å². The third kappa shape index (κ3) is 8.76. The van der Waals surface area contributed by atoms with Crippen molar-refractivity contribution in [2.45, 2.75) is 64.2 Å². The largest absolute Gasteiger partial charge is 0.491 e. The Morgan fingerprint density at radius 3 is 1.50 bits per heavy atom. The number of aliphatic hydroxyl groups is 2. The first kappa shape index (κ1) is 24.2. The van der Waals surface area contributed by atoms with E-state index in [-0.39, 0.29) is 13.2 Å². The number of aliphatic hydroxyl groups excluding tert-OH is 2. The van der Waals surface area contributed by atoms with Gasteiger partial charge >= 0.3 is 0 Å². The van der Waals surface area contributed by atoms with Crippen LogP contribution in [0.25, 0.3) is 0 Å². The predicted molar refractivity (Wildman–Crippen MR) is 122 cm³/mol. The first-order chi connectivity index (χ1) is 14.8. The van der Waals surface area contributed by atoms with Gasteiger partial charge in [0.05, 0.1) is 13.2 Å². The molecule has 0 aliphatic carbocycles. The fraction of sp³-hybridized carbons (Fsp3) is 0.538. The molecule has 0 fully saturated rings. The lowest BCUT2D eigenvalue weighted by atomic mass is 9.86. The molecule has 30 heavy (non-hydrogen) atoms. The van der Waals surface area contributed by atoms with Gasteiger partial charge in [-0.15, -0.1) is 0 Å². The monoisotopic (exact) mass is 414 g/mol. The van der Waals surface area contributed by atoms with E-state index >= 15 is 0 Å². The average molecular weight is 415 g/mol. The molecule has 2 aromatic rings. The Labute approximate surface area is 181 Å². The van der Waals surface area contributed by atoms with Crippen molar-refractivity contribution in [1.29, 1.82) is 0 Å². The minimum atomic E-state index is 0.0212. The minimum Gasteiger partial charge on any atom is -0.491 e. The van der Waals surface area contributed by atoms with Crippen LogP contribution in [0, 0.1) is 0 Å². The lowest BCUT2D eigenvalue weighted by molar-refractivity contribution is 0.201. The summed E-state index contributed by atoms with van der Waals surface area (Å²) in [5, 5.41) is 17.9. The van der Waals surface area contributed by atoms with Crippen LogP contribution in [0.5, 0.6) is 11.5 Å². The molecule has 166 valence electrons. The van der Waals surface area contributed by atoms with Crippen molar-refractivity contribution in [3.63, 3.8) is 0 Å². The number of hydrogen-bond acceptors (Lipinski definition) is 4. The molecule has 0 saturated heterocycles. The van der Waals surface area contributed by atoms with Crippen LogP contribution in [-0.2, 0) is 0 Å². The third-order valence-electron chi connectivity index (χ3n) is 5.38. The molecule has 2 rings (SSSR count). The molecule has 0 unspecified atom stereocenters. The number of hydrogen-bond donors (Lipinski definition) is 2. The molecule has 2 N–H and O–H groups in total. The summed E-state index contributed by atoms with van der Waals surface area (Å²) < 4.78 is 11.0. The van der Waals surface area contributed by atoms with E-state index in [0.29, 0.717) is 19.1 Å². The maximum Gasteiger partial charge on any atom is 0.119 e. The molecular formula is C26H38O4. The standard InChI is InChI=1S/C26H38O4/c1-2-3-4-5-6-7-8-9-26(22-10-14-24(15-11-22)29-20-18-27)23-12-16-25(17-13-23)30-21-19-28/h10-17,26-28H,2-9,18-21H2,1H3. The Bertz CT molecular complexity index is 615. The van der Waals surface area contributed by atoms with E-state index in [4.69, 9.17) is 19.7 Å². The highest BCUT2D eigenvalue weighted by Gasteiger charge is 2.14. The Hall–Kier alpha value is -2.04. The summed E-state index contributed by atoms with van der Waals surface area (Å²) in [7, 11) is 0. The topological polar surface area (TPSA) is 58.9 Å². The number of benzene rings is 2. The van der Waals surface area contributed by atoms with Gasteiger partial charge in [-0.3, -0.25) is 0 Å². The summed E-state index contributed by atoms with van der Waals surface area (Å²) >= 11 is 0. The van der Waals surface area contributed by atoms with Gasteiger partial charge in [0, 0.05) is 5.92 Å². The predicted octanol–water partition coefficient (Wildman–Crippen LogP) is 5.70. The van der Waals surface area contributed by atoms with E-state index in [2.05, 4.69) is 31.2 Å². The normalized spacial score (nSPS) is 11.1. The summed E-state index contributed by atoms with van der Waals surface area (Å²) in [6, 6.07) is 16.5. The van der Waals surface area contributed by atoms with Crippen LogP contribution in [0.1, 0.15) is 75.3 Å². The molecule has 0 amide bonds. The van der Waals surface area contributed by atoms with Gasteiger partial charge < -0.3 is 19.7 Å². The van der Waals surface area contributed by atoms with Crippen molar-refractivity contribution in [3.05, 3.63) is 59.7 Å². The van der Waals surface area contributed by atoms with Crippen LogP contribution in [0.2, 0.25) is 0 Å². The highest BCUT2D eigenvalue weighted by molar-refractivity contribution is 5.38. The van der Waals surface area contributed by atoms with Gasteiger partial charge in [-0.25, -0.2) is 0 Å². The fourth-order valence-electron chi connectivity index (χ4n) is 3.75. The lowest BCUT2D eigenvalue weighted by Gasteiger charge is -2.19. The highest BCUT2D eigenvalue weighted by atomic mass is 16.5. The van der Waals surface area contributed by atoms with Crippen LogP contribution < -0.4 is 9.47 Å². The van der Waals surface area contributed by atoms with Gasteiger partial charge in [-0.05, 0) is 41.8 Å². The van der Waals surface area contributed by atoms with E-state index in [9.17, 15) is 0 Å². The summed E-state index contributed by atoms with van der Waals surface area (Å²) in [5.74, 6) is 1.91. The number of ether oxygens (including phenoxy) is 2. The smallest absolute Gasteiger partial charge is 0.119 e. The van der Waals surface area contributed by atoms with Gasteiger partial charge in [0.1, 0.15) is 24.7 Å². The second-order valence-electron chi connectivity index (χ2n) is 7.74. The molecule has 2 aromatic carbocycles. The Morgan fingerprint density at radius 2 is 1.07 bits per heavy atom. The molecular weight excluding hydrogens is 376 g/mol. The summed E-state index contributed by atoms with van der Waals surface area (Å²) in [6.45, 7) is 2.93. The van der Waals surface area contributed by atoms with Gasteiger partial charge in [-0.2, -0.15) is 0 Å². The lowest BCUT2D eigenvalue weighted by Crippen LogP contribution is -2.04. The molecule has 0 spiro atoms. The SMILES string of the molecule is CCCCCCCCCC(c1ccc(OCCO)cc1)c1ccc(OCCO)cc1. The van der Waals surface area contributed by atoms with Crippen LogP contribution in [0.3, 0.4) is 0 Å². The first-order valence-corrected chi connectivity index (χ1v) is 11.5. The zero-order valence-electron chi connectivity index (χ0n) is 18.4. The van der Waals surface area contributed by atoms with Crippen molar-refractivity contribution in [1.82, 2.24) is 0 Å². The van der Waals surface area contributed by atoms with Crippen LogP contribution in [0.4, 0.5) is 0 Å². The van der Waals surface area contributed by atoms with Crippen molar-refractivity contribution >= 4 is 0 Å². The second-order valence-corrected chi connectivity index (χ2v) is 7.74. The molecule has 0 heterocycles. The average Bonchev–Trinajstić information content (AvgIpc) is 2.79. The molecule has 0 bridgehead atoms. The molecule has 0 radical (unpaired) electrons. The van der Waals surface area contributed by atoms with Gasteiger partial charge in [0.15, 0.2) is 0 Å². The summed E-state index contributed by atoms with van der Waals surface area (Å²) in [4.78, 5) is 0. The molecule has 4 nitrogen and oxygen atoms in total. The van der Waals surface area contributed by atoms with Crippen LogP contribution >= 0.6 is 0 Å². The van der Waals surface area contributed by atoms with E-state index in [1.54, 1.807) is 0 Å². The van der Waals surface area contributed by atoms with Crippen molar-refractivity contribution in [3.8, 4) is 11.5 Å². The van der Waals surface area contributed by atoms with Crippen LogP contribution in [0.15, 0.2) is 48.5 Å². The highest BCUT2D eigenvalue weighted by Crippen LogP contribution is 2.32. The summed E-state index contributed by atoms with van der Waals surface area (Å²) in [5.41, 5.74) is 2.56. The Morgan fingerprint density at radius 1 is 0.633 bits per heavy atom. The van der Waals surface area contributed by atoms with Crippen LogP contribution in [-0.4, -0.2) is 36.6 Å². The zero-order chi connectivity index (χ0) is 21.4. The third-order valence-corrected chi connectivity index (χ3v) is 5.38. The van der Waals surface area contributed by atoms with E-state index in [0.717, 1.165) is 17.9 Å². The molecule has 0 saturated carbocycles. The number of rotatable bonds is 16. The van der Waals surface area contributed by atoms with E-state index in [1.807, 2.05) is 24.3 Å². The molecule has 0 aromatic heterocycles. The molecule has 0 aliphatic heterocycles. The fourth-order valence-corrected chi connectivity index (χ4v) is 3.75. The quantitative estimate of drug-likeness (QED) is 0.346. The summed E-state index contributed by atoms with van der Waals surface area (Å²) in [6.07, 6.45) is 10.2. The maximum atomic E-state index is 8.93. The first-order valence-electron chi connectivity index (χ1n) is 11.5. The van der Waals surface area contributed by atoms with E-state index in [1.165, 1.54) is 56.1 Å². The molecule has 0 atom stereocenters. The molecule has 0 aliphatic rings. The zero-order valence-corrected chi connectivity index (χ0v) is 18.4. The van der Waals surface area contributed by atoms with Crippen molar-refractivity contribution in [2.24, 2.45) is 0 Å². The Balaban J connectivity index is 2.02. The van der Waals surface area contributed by atoms with Crippen molar-refractivity contribution < 1.29 is 19.7 Å². The van der Waals surface area contributed by atoms with Crippen molar-refractivity contribution in [2.75, 3.05) is 26.4 Å². The second kappa shape index (κ2) is 14.9. The van der Waals surface area contributed by atoms with E-state index < -0.39 is 0 Å². The molecule has 4 heteroatoms. The number of unbranched alkanes of at least 4 members (excludes halogenated alkanes) is 6. The Kier molecular flexibility index (Phi) is 12.0. The van der Waals surface area contributed by atoms with Gasteiger partial charge in [-0.1, -0.05) is 76.1 Å².